The molecule has 4 heterocycles. The van der Waals surface area contributed by atoms with Gasteiger partial charge in [0.15, 0.2) is 5.82 Å². The van der Waals surface area contributed by atoms with Gasteiger partial charge in [-0.05, 0) is 35.4 Å². The molecule has 0 bridgehead atoms. The zero-order valence-corrected chi connectivity index (χ0v) is 11.3. The molecule has 8 nitrogen and oxygen atoms in total. The normalized spacial score (nSPS) is 18.2. The van der Waals surface area contributed by atoms with Gasteiger partial charge in [-0.25, -0.2) is 4.68 Å². The highest BCUT2D eigenvalue weighted by Gasteiger charge is 2.24. The van der Waals surface area contributed by atoms with Crippen molar-refractivity contribution in [1.82, 2.24) is 35.3 Å². The Hall–Kier alpha value is -2.64. The van der Waals surface area contributed by atoms with Gasteiger partial charge in [0, 0.05) is 36.8 Å². The van der Waals surface area contributed by atoms with Crippen LogP contribution in [0.1, 0.15) is 30.5 Å². The molecule has 0 fully saturated rings. The summed E-state index contributed by atoms with van der Waals surface area (Å²) in [4.78, 5) is 8.51. The van der Waals surface area contributed by atoms with Crippen molar-refractivity contribution < 1.29 is 4.52 Å². The number of pyridine rings is 1. The first kappa shape index (κ1) is 12.1. The van der Waals surface area contributed by atoms with E-state index < -0.39 is 0 Å². The monoisotopic (exact) mass is 283 g/mol. The predicted molar refractivity (Wildman–Crippen MR) is 71.0 cm³/mol. The number of hydrogen-bond donors (Lipinski definition) is 0. The number of rotatable bonds is 2. The van der Waals surface area contributed by atoms with Crippen molar-refractivity contribution in [3.63, 3.8) is 0 Å². The molecule has 21 heavy (non-hydrogen) atoms. The van der Waals surface area contributed by atoms with Crippen LogP contribution in [-0.4, -0.2) is 35.3 Å². The summed E-state index contributed by atoms with van der Waals surface area (Å²) in [5.74, 6) is 2.44. The molecule has 1 aliphatic heterocycles. The van der Waals surface area contributed by atoms with Gasteiger partial charge in [-0.1, -0.05) is 5.16 Å². The molecule has 3 aromatic rings. The van der Waals surface area contributed by atoms with Gasteiger partial charge in [-0.2, -0.15) is 4.98 Å². The summed E-state index contributed by atoms with van der Waals surface area (Å²) < 4.78 is 7.29. The highest BCUT2D eigenvalue weighted by atomic mass is 16.5. The fourth-order valence-electron chi connectivity index (χ4n) is 2.57. The number of nitrogens with zero attached hydrogens (tertiary/aromatic N) is 7. The van der Waals surface area contributed by atoms with Crippen molar-refractivity contribution in [1.29, 1.82) is 0 Å². The smallest absolute Gasteiger partial charge is 0.230 e. The lowest BCUT2D eigenvalue weighted by atomic mass is 10.0. The molecule has 1 atom stereocenters. The molecule has 8 heteroatoms. The van der Waals surface area contributed by atoms with Crippen LogP contribution in [0, 0.1) is 0 Å². The zero-order valence-electron chi connectivity index (χ0n) is 11.3. The number of aromatic nitrogens is 7. The minimum Gasteiger partial charge on any atom is -0.339 e. The molecule has 0 saturated carbocycles. The van der Waals surface area contributed by atoms with Gasteiger partial charge in [0.05, 0.1) is 0 Å². The van der Waals surface area contributed by atoms with Crippen LogP contribution in [0.2, 0.25) is 0 Å². The number of aryl methyl sites for hydroxylation is 2. The van der Waals surface area contributed by atoms with Crippen LogP contribution >= 0.6 is 0 Å². The third-order valence-electron chi connectivity index (χ3n) is 3.74. The first-order chi connectivity index (χ1) is 10.4. The summed E-state index contributed by atoms with van der Waals surface area (Å²) in [6.07, 6.45) is 6.07. The van der Waals surface area contributed by atoms with E-state index in [0.29, 0.717) is 11.7 Å². The maximum absolute atomic E-state index is 5.44. The molecule has 106 valence electrons. The summed E-state index contributed by atoms with van der Waals surface area (Å²) in [6.45, 7) is 0.778. The Labute approximate surface area is 120 Å². The van der Waals surface area contributed by atoms with Crippen molar-refractivity contribution in [3.05, 3.63) is 36.2 Å². The fourth-order valence-corrected chi connectivity index (χ4v) is 2.57. The number of fused-ring (bicyclic) bond motifs is 1. The number of tetrazole rings is 1. The second-order valence-corrected chi connectivity index (χ2v) is 5.03. The Balaban J connectivity index is 1.55. The molecule has 0 aromatic carbocycles. The second kappa shape index (κ2) is 5.04. The summed E-state index contributed by atoms with van der Waals surface area (Å²) in [5, 5.41) is 15.8. The van der Waals surface area contributed by atoms with Crippen molar-refractivity contribution in [2.45, 2.75) is 31.7 Å². The average molecular weight is 283 g/mol. The Bertz CT molecular complexity index is 713. The van der Waals surface area contributed by atoms with Gasteiger partial charge in [0.25, 0.3) is 0 Å². The SMILES string of the molecule is c1cc(-c2noc(C3CCc4nnnn4CC3)n2)ccn1. The zero-order chi connectivity index (χ0) is 14.1. The maximum Gasteiger partial charge on any atom is 0.230 e. The van der Waals surface area contributed by atoms with E-state index in [2.05, 4.69) is 30.7 Å². The molecule has 4 rings (SSSR count). The molecule has 0 spiro atoms. The molecule has 1 unspecified atom stereocenters. The Kier molecular flexibility index (Phi) is 2.91. The highest BCUT2D eigenvalue weighted by molar-refractivity contribution is 5.52. The van der Waals surface area contributed by atoms with Crippen molar-refractivity contribution in [2.75, 3.05) is 0 Å². The van der Waals surface area contributed by atoms with Crippen LogP contribution in [0.5, 0.6) is 0 Å². The predicted octanol–water partition coefficient (Wildman–Crippen LogP) is 1.24. The highest BCUT2D eigenvalue weighted by Crippen LogP contribution is 2.28. The largest absolute Gasteiger partial charge is 0.339 e. The molecule has 0 aliphatic carbocycles. The lowest BCUT2D eigenvalue weighted by Gasteiger charge is -2.06. The molecule has 3 aromatic heterocycles. The average Bonchev–Trinajstić information content (AvgIpc) is 3.15. The molecule has 1 aliphatic rings. The summed E-state index contributed by atoms with van der Waals surface area (Å²) in [6, 6.07) is 3.74. The van der Waals surface area contributed by atoms with E-state index in [1.165, 1.54) is 0 Å². The summed E-state index contributed by atoms with van der Waals surface area (Å²) >= 11 is 0. The van der Waals surface area contributed by atoms with E-state index >= 15 is 0 Å². The molecule has 0 saturated heterocycles. The summed E-state index contributed by atoms with van der Waals surface area (Å²) in [7, 11) is 0. The van der Waals surface area contributed by atoms with Crippen LogP contribution in [0.15, 0.2) is 29.0 Å². The van der Waals surface area contributed by atoms with Crippen LogP contribution in [0.3, 0.4) is 0 Å². The number of hydrogen-bond acceptors (Lipinski definition) is 7. The van der Waals surface area contributed by atoms with Crippen molar-refractivity contribution in [2.24, 2.45) is 0 Å². The van der Waals surface area contributed by atoms with Crippen LogP contribution in [0.4, 0.5) is 0 Å². The molecule has 0 amide bonds. The minimum atomic E-state index is 0.233. The fraction of sp³-hybridized carbons (Fsp3) is 0.385. The molecule has 0 radical (unpaired) electrons. The maximum atomic E-state index is 5.44. The first-order valence-corrected chi connectivity index (χ1v) is 6.89. The summed E-state index contributed by atoms with van der Waals surface area (Å²) in [5.41, 5.74) is 0.910. The van der Waals surface area contributed by atoms with Gasteiger partial charge in [-0.15, -0.1) is 5.10 Å². The van der Waals surface area contributed by atoms with E-state index in [4.69, 9.17) is 4.52 Å². The third kappa shape index (κ3) is 2.28. The van der Waals surface area contributed by atoms with E-state index in [9.17, 15) is 0 Å². The van der Waals surface area contributed by atoms with E-state index in [0.717, 1.165) is 37.2 Å². The molecular formula is C13H13N7O. The topological polar surface area (TPSA) is 95.4 Å². The van der Waals surface area contributed by atoms with Crippen molar-refractivity contribution >= 4 is 0 Å². The van der Waals surface area contributed by atoms with Gasteiger partial charge < -0.3 is 4.52 Å². The van der Waals surface area contributed by atoms with Gasteiger partial charge >= 0.3 is 0 Å². The van der Waals surface area contributed by atoms with Gasteiger partial charge in [0.2, 0.25) is 11.7 Å². The van der Waals surface area contributed by atoms with Gasteiger partial charge in [-0.3, -0.25) is 4.98 Å². The van der Waals surface area contributed by atoms with E-state index in [1.807, 2.05) is 16.8 Å². The van der Waals surface area contributed by atoms with E-state index in [1.54, 1.807) is 12.4 Å². The molecular weight excluding hydrogens is 270 g/mol. The second-order valence-electron chi connectivity index (χ2n) is 5.03. The lowest BCUT2D eigenvalue weighted by molar-refractivity contribution is 0.337. The Morgan fingerprint density at radius 3 is 3.00 bits per heavy atom. The van der Waals surface area contributed by atoms with Gasteiger partial charge in [0.1, 0.15) is 0 Å². The van der Waals surface area contributed by atoms with E-state index in [-0.39, 0.29) is 5.92 Å². The standard InChI is InChI=1S/C13H13N7O/c1-2-11-16-18-19-20(11)8-5-10(1)13-15-12(17-21-13)9-3-6-14-7-4-9/h3-4,6-7,10H,1-2,5,8H2. The van der Waals surface area contributed by atoms with Crippen LogP contribution in [-0.2, 0) is 13.0 Å². The van der Waals surface area contributed by atoms with Crippen molar-refractivity contribution in [3.8, 4) is 11.4 Å². The first-order valence-electron chi connectivity index (χ1n) is 6.89. The third-order valence-corrected chi connectivity index (χ3v) is 3.74. The van der Waals surface area contributed by atoms with Crippen LogP contribution in [0.25, 0.3) is 11.4 Å². The quantitative estimate of drug-likeness (QED) is 0.698. The lowest BCUT2D eigenvalue weighted by Crippen LogP contribution is -2.04. The molecule has 0 N–H and O–H groups in total. The minimum absolute atomic E-state index is 0.233. The van der Waals surface area contributed by atoms with Crippen LogP contribution < -0.4 is 0 Å². The Morgan fingerprint density at radius 2 is 2.10 bits per heavy atom. The Morgan fingerprint density at radius 1 is 1.19 bits per heavy atom.